The fraction of sp³-hybridized carbons (Fsp3) is 0.412. The van der Waals surface area contributed by atoms with Crippen molar-refractivity contribution >= 4 is 0 Å². The van der Waals surface area contributed by atoms with E-state index >= 15 is 0 Å². The summed E-state index contributed by atoms with van der Waals surface area (Å²) in [6, 6.07) is 8.54. The lowest BCUT2D eigenvalue weighted by Gasteiger charge is -2.12. The molecule has 2 aromatic rings. The van der Waals surface area contributed by atoms with Crippen molar-refractivity contribution in [2.24, 2.45) is 0 Å². The van der Waals surface area contributed by atoms with Crippen LogP contribution in [0.3, 0.4) is 0 Å². The van der Waals surface area contributed by atoms with Crippen LogP contribution in [-0.4, -0.2) is 17.1 Å². The fourth-order valence-electron chi connectivity index (χ4n) is 2.84. The van der Waals surface area contributed by atoms with Gasteiger partial charge in [-0.25, -0.2) is 9.97 Å². The molecule has 0 saturated heterocycles. The predicted molar refractivity (Wildman–Crippen MR) is 79.7 cm³/mol. The third-order valence-corrected chi connectivity index (χ3v) is 4.05. The van der Waals surface area contributed by atoms with Gasteiger partial charge in [0, 0.05) is 23.9 Å². The molecule has 0 unspecified atom stereocenters. The zero-order valence-corrected chi connectivity index (χ0v) is 12.3. The van der Waals surface area contributed by atoms with E-state index in [0.29, 0.717) is 0 Å². The maximum Gasteiger partial charge on any atom is 0.126 e. The van der Waals surface area contributed by atoms with Crippen molar-refractivity contribution in [1.29, 1.82) is 0 Å². The molecule has 1 aliphatic rings. The van der Waals surface area contributed by atoms with E-state index < -0.39 is 0 Å². The maximum atomic E-state index is 5.35. The van der Waals surface area contributed by atoms with Gasteiger partial charge in [-0.05, 0) is 38.7 Å². The van der Waals surface area contributed by atoms with Crippen molar-refractivity contribution in [3.63, 3.8) is 0 Å². The summed E-state index contributed by atoms with van der Waals surface area (Å²) in [6.45, 7) is 4.03. The van der Waals surface area contributed by atoms with Gasteiger partial charge in [0.15, 0.2) is 0 Å². The molecule has 0 bridgehead atoms. The Kier molecular flexibility index (Phi) is 3.53. The minimum Gasteiger partial charge on any atom is -0.377 e. The molecule has 1 atom stereocenters. The van der Waals surface area contributed by atoms with Crippen LogP contribution in [0.25, 0.3) is 11.3 Å². The van der Waals surface area contributed by atoms with Crippen LogP contribution in [0.2, 0.25) is 0 Å². The molecule has 0 amide bonds. The highest BCUT2D eigenvalue weighted by Gasteiger charge is 2.19. The van der Waals surface area contributed by atoms with E-state index in [2.05, 4.69) is 41.2 Å². The lowest BCUT2D eigenvalue weighted by atomic mass is 10.0. The quantitative estimate of drug-likeness (QED) is 0.852. The predicted octanol–water partition coefficient (Wildman–Crippen LogP) is 3.65. The van der Waals surface area contributed by atoms with E-state index in [1.54, 1.807) is 7.11 Å². The van der Waals surface area contributed by atoms with Gasteiger partial charge in [0.1, 0.15) is 5.82 Å². The molecule has 1 aliphatic carbocycles. The highest BCUT2D eigenvalue weighted by molar-refractivity contribution is 5.65. The minimum absolute atomic E-state index is 0.127. The van der Waals surface area contributed by atoms with Crippen molar-refractivity contribution in [3.05, 3.63) is 46.9 Å². The van der Waals surface area contributed by atoms with Gasteiger partial charge in [0.2, 0.25) is 0 Å². The number of hydrogen-bond donors (Lipinski definition) is 0. The van der Waals surface area contributed by atoms with Crippen LogP contribution in [0.15, 0.2) is 24.3 Å². The van der Waals surface area contributed by atoms with Gasteiger partial charge in [0.05, 0.1) is 11.8 Å². The first-order valence-corrected chi connectivity index (χ1v) is 7.18. The Labute approximate surface area is 120 Å². The molecule has 3 rings (SSSR count). The van der Waals surface area contributed by atoms with Crippen LogP contribution in [0.5, 0.6) is 0 Å². The molecule has 1 aromatic carbocycles. The lowest BCUT2D eigenvalue weighted by molar-refractivity contribution is 0.119. The van der Waals surface area contributed by atoms with Crippen LogP contribution in [0, 0.1) is 6.92 Å². The van der Waals surface area contributed by atoms with Crippen LogP contribution < -0.4 is 0 Å². The third kappa shape index (κ3) is 2.34. The molecule has 0 fully saturated rings. The first kappa shape index (κ1) is 13.3. The number of methoxy groups -OCH3 is 1. The highest BCUT2D eigenvalue weighted by atomic mass is 16.5. The summed E-state index contributed by atoms with van der Waals surface area (Å²) in [6.07, 6.45) is 3.51. The van der Waals surface area contributed by atoms with Gasteiger partial charge >= 0.3 is 0 Å². The molecule has 3 nitrogen and oxygen atoms in total. The van der Waals surface area contributed by atoms with Gasteiger partial charge < -0.3 is 4.74 Å². The Balaban J connectivity index is 2.01. The summed E-state index contributed by atoms with van der Waals surface area (Å²) in [4.78, 5) is 9.24. The molecule has 0 N–H and O–H groups in total. The second kappa shape index (κ2) is 5.33. The van der Waals surface area contributed by atoms with E-state index in [1.807, 2.05) is 6.92 Å². The Hall–Kier alpha value is -1.74. The lowest BCUT2D eigenvalue weighted by Crippen LogP contribution is -2.00. The van der Waals surface area contributed by atoms with Gasteiger partial charge in [-0.3, -0.25) is 0 Å². The smallest absolute Gasteiger partial charge is 0.126 e. The highest BCUT2D eigenvalue weighted by Crippen LogP contribution is 2.30. The van der Waals surface area contributed by atoms with Crippen LogP contribution >= 0.6 is 0 Å². The summed E-state index contributed by atoms with van der Waals surface area (Å²) in [5, 5.41) is 0. The Bertz CT molecular complexity index is 620. The topological polar surface area (TPSA) is 35.0 Å². The van der Waals surface area contributed by atoms with E-state index in [-0.39, 0.29) is 6.10 Å². The van der Waals surface area contributed by atoms with Crippen molar-refractivity contribution in [2.75, 3.05) is 7.11 Å². The molecular formula is C17H20N2O. The summed E-state index contributed by atoms with van der Waals surface area (Å²) in [7, 11) is 1.74. The molecule has 1 heterocycles. The molecule has 0 spiro atoms. The largest absolute Gasteiger partial charge is 0.377 e. The first-order valence-electron chi connectivity index (χ1n) is 7.18. The SMILES string of the molecule is CO[C@@H](C)c1ccc(-c2nc(C)nc3c2CCC3)cc1. The monoisotopic (exact) mass is 268 g/mol. The molecule has 0 aliphatic heterocycles. The number of aryl methyl sites for hydroxylation is 2. The van der Waals surface area contributed by atoms with Crippen molar-refractivity contribution in [1.82, 2.24) is 9.97 Å². The summed E-state index contributed by atoms with van der Waals surface area (Å²) in [5.74, 6) is 0.870. The zero-order valence-electron chi connectivity index (χ0n) is 12.3. The van der Waals surface area contributed by atoms with Gasteiger partial charge in [0.25, 0.3) is 0 Å². The average molecular weight is 268 g/mol. The van der Waals surface area contributed by atoms with E-state index in [0.717, 1.165) is 24.4 Å². The summed E-state index contributed by atoms with van der Waals surface area (Å²) >= 11 is 0. The van der Waals surface area contributed by atoms with Crippen LogP contribution in [-0.2, 0) is 17.6 Å². The second-order valence-corrected chi connectivity index (χ2v) is 5.40. The summed E-state index contributed by atoms with van der Waals surface area (Å²) < 4.78 is 5.35. The Morgan fingerprint density at radius 1 is 1.10 bits per heavy atom. The number of benzene rings is 1. The zero-order chi connectivity index (χ0) is 14.1. The molecule has 3 heteroatoms. The van der Waals surface area contributed by atoms with E-state index in [1.165, 1.54) is 28.8 Å². The normalized spacial score (nSPS) is 15.2. The average Bonchev–Trinajstić information content (AvgIpc) is 2.94. The Morgan fingerprint density at radius 2 is 1.85 bits per heavy atom. The fourth-order valence-corrected chi connectivity index (χ4v) is 2.84. The van der Waals surface area contributed by atoms with Crippen LogP contribution in [0.1, 0.15) is 42.1 Å². The molecule has 104 valence electrons. The molecular weight excluding hydrogens is 248 g/mol. The van der Waals surface area contributed by atoms with Gasteiger partial charge in [-0.2, -0.15) is 0 Å². The van der Waals surface area contributed by atoms with Gasteiger partial charge in [-0.1, -0.05) is 24.3 Å². The molecule has 0 saturated carbocycles. The standard InChI is InChI=1S/C17H20N2O/c1-11(20-3)13-7-9-14(10-8-13)17-15-5-4-6-16(15)18-12(2)19-17/h7-11H,4-6H2,1-3H3/t11-/m0/s1. The number of hydrogen-bond acceptors (Lipinski definition) is 3. The number of nitrogens with zero attached hydrogens (tertiary/aromatic N) is 2. The number of ether oxygens (including phenoxy) is 1. The van der Waals surface area contributed by atoms with E-state index in [4.69, 9.17) is 4.74 Å². The number of rotatable bonds is 3. The first-order chi connectivity index (χ1) is 9.69. The molecule has 20 heavy (non-hydrogen) atoms. The third-order valence-electron chi connectivity index (χ3n) is 4.05. The van der Waals surface area contributed by atoms with Crippen LogP contribution in [0.4, 0.5) is 0 Å². The maximum absolute atomic E-state index is 5.35. The van der Waals surface area contributed by atoms with Crippen molar-refractivity contribution in [2.45, 2.75) is 39.2 Å². The number of fused-ring (bicyclic) bond motifs is 1. The Morgan fingerprint density at radius 3 is 2.55 bits per heavy atom. The summed E-state index contributed by atoms with van der Waals surface area (Å²) in [5.41, 5.74) is 6.06. The van der Waals surface area contributed by atoms with Gasteiger partial charge in [-0.15, -0.1) is 0 Å². The molecule has 1 aromatic heterocycles. The van der Waals surface area contributed by atoms with Crippen molar-refractivity contribution < 1.29 is 4.74 Å². The minimum atomic E-state index is 0.127. The number of aromatic nitrogens is 2. The van der Waals surface area contributed by atoms with E-state index in [9.17, 15) is 0 Å². The molecule has 0 radical (unpaired) electrons. The van der Waals surface area contributed by atoms with Crippen molar-refractivity contribution in [3.8, 4) is 11.3 Å². The second-order valence-electron chi connectivity index (χ2n) is 5.40.